The highest BCUT2D eigenvalue weighted by Crippen LogP contribution is 2.19. The van der Waals surface area contributed by atoms with Crippen LogP contribution in [0.4, 0.5) is 8.78 Å². The van der Waals surface area contributed by atoms with Crippen molar-refractivity contribution in [1.82, 2.24) is 9.97 Å². The smallest absolute Gasteiger partial charge is 0.251 e. The predicted octanol–water partition coefficient (Wildman–Crippen LogP) is 1.72. The Morgan fingerprint density at radius 2 is 2.00 bits per heavy atom. The number of aromatic nitrogens is 2. The van der Waals surface area contributed by atoms with Crippen LogP contribution in [0, 0.1) is 11.6 Å². The lowest BCUT2D eigenvalue weighted by molar-refractivity contribution is 0.585. The molecule has 0 aliphatic heterocycles. The maximum Gasteiger partial charge on any atom is 0.251 e. The van der Waals surface area contributed by atoms with Crippen LogP contribution in [-0.4, -0.2) is 9.97 Å². The Morgan fingerprint density at radius 3 is 2.67 bits per heavy atom. The van der Waals surface area contributed by atoms with Gasteiger partial charge >= 0.3 is 0 Å². The summed E-state index contributed by atoms with van der Waals surface area (Å²) in [6.45, 7) is 0. The first kappa shape index (κ1) is 9.51. The Morgan fingerprint density at radius 1 is 1.20 bits per heavy atom. The number of halogens is 2. The van der Waals surface area contributed by atoms with Gasteiger partial charge in [-0.2, -0.15) is 0 Å². The molecule has 0 bridgehead atoms. The van der Waals surface area contributed by atoms with E-state index in [1.165, 1.54) is 12.4 Å². The highest BCUT2D eigenvalue weighted by atomic mass is 19.1. The minimum absolute atomic E-state index is 0.0995. The molecular formula is C10H6F2N2O. The van der Waals surface area contributed by atoms with Gasteiger partial charge in [-0.1, -0.05) is 0 Å². The second-order valence-corrected chi connectivity index (χ2v) is 2.92. The van der Waals surface area contributed by atoms with Crippen LogP contribution < -0.4 is 5.56 Å². The monoisotopic (exact) mass is 208 g/mol. The average molecular weight is 208 g/mol. The van der Waals surface area contributed by atoms with E-state index < -0.39 is 11.6 Å². The number of hydrogen-bond donors (Lipinski definition) is 1. The van der Waals surface area contributed by atoms with Gasteiger partial charge in [0.2, 0.25) is 0 Å². The summed E-state index contributed by atoms with van der Waals surface area (Å²) >= 11 is 0. The van der Waals surface area contributed by atoms with Crippen molar-refractivity contribution in [2.45, 2.75) is 0 Å². The summed E-state index contributed by atoms with van der Waals surface area (Å²) in [6.07, 6.45) is 1.17. The first-order valence-corrected chi connectivity index (χ1v) is 4.17. The molecule has 3 nitrogen and oxygen atoms in total. The predicted molar refractivity (Wildman–Crippen MR) is 50.2 cm³/mol. The van der Waals surface area contributed by atoms with Gasteiger partial charge in [0, 0.05) is 17.7 Å². The fourth-order valence-electron chi connectivity index (χ4n) is 1.21. The first-order valence-electron chi connectivity index (χ1n) is 4.17. The number of hydrogen-bond acceptors (Lipinski definition) is 2. The van der Waals surface area contributed by atoms with Crippen molar-refractivity contribution in [3.05, 3.63) is 52.6 Å². The van der Waals surface area contributed by atoms with Crippen molar-refractivity contribution in [2.24, 2.45) is 0 Å². The molecule has 0 saturated carbocycles. The van der Waals surface area contributed by atoms with E-state index in [4.69, 9.17) is 0 Å². The highest BCUT2D eigenvalue weighted by Gasteiger charge is 2.07. The van der Waals surface area contributed by atoms with E-state index in [9.17, 15) is 13.6 Å². The molecule has 0 aliphatic rings. The Hall–Kier alpha value is -2.04. The summed E-state index contributed by atoms with van der Waals surface area (Å²) in [5, 5.41) is 0. The van der Waals surface area contributed by atoms with Crippen LogP contribution in [0.2, 0.25) is 0 Å². The molecule has 0 aliphatic carbocycles. The summed E-state index contributed by atoms with van der Waals surface area (Å²) in [7, 11) is 0. The zero-order chi connectivity index (χ0) is 10.8. The molecule has 76 valence electrons. The second kappa shape index (κ2) is 3.61. The average Bonchev–Trinajstić information content (AvgIpc) is 2.17. The van der Waals surface area contributed by atoms with Crippen molar-refractivity contribution in [3.63, 3.8) is 0 Å². The largest absolute Gasteiger partial charge is 0.313 e. The van der Waals surface area contributed by atoms with Gasteiger partial charge in [0.15, 0.2) is 0 Å². The maximum absolute atomic E-state index is 13.3. The van der Waals surface area contributed by atoms with Crippen LogP contribution in [0.15, 0.2) is 35.4 Å². The van der Waals surface area contributed by atoms with Crippen molar-refractivity contribution in [2.75, 3.05) is 0 Å². The number of benzene rings is 1. The molecule has 0 spiro atoms. The van der Waals surface area contributed by atoms with Crippen LogP contribution in [0.3, 0.4) is 0 Å². The fraction of sp³-hybridized carbons (Fsp3) is 0. The quantitative estimate of drug-likeness (QED) is 0.775. The molecule has 15 heavy (non-hydrogen) atoms. The Bertz CT molecular complexity index is 551. The van der Waals surface area contributed by atoms with Gasteiger partial charge in [0.05, 0.1) is 12.0 Å². The molecule has 0 saturated heterocycles. The van der Waals surface area contributed by atoms with Crippen molar-refractivity contribution in [1.29, 1.82) is 0 Å². The third-order valence-corrected chi connectivity index (χ3v) is 1.89. The summed E-state index contributed by atoms with van der Waals surface area (Å²) in [5.74, 6) is -1.41. The topological polar surface area (TPSA) is 45.8 Å². The maximum atomic E-state index is 13.3. The minimum atomic E-state index is -0.742. The summed E-state index contributed by atoms with van der Waals surface area (Å²) < 4.78 is 25.9. The third-order valence-electron chi connectivity index (χ3n) is 1.89. The number of aromatic amines is 1. The lowest BCUT2D eigenvalue weighted by atomic mass is 10.1. The van der Waals surface area contributed by atoms with E-state index in [0.717, 1.165) is 18.2 Å². The van der Waals surface area contributed by atoms with Crippen LogP contribution in [0.5, 0.6) is 0 Å². The molecule has 1 aromatic carbocycles. The van der Waals surface area contributed by atoms with Gasteiger partial charge in [-0.25, -0.2) is 13.8 Å². The van der Waals surface area contributed by atoms with E-state index in [1.807, 2.05) is 0 Å². The summed E-state index contributed by atoms with van der Waals surface area (Å²) in [4.78, 5) is 17.0. The Balaban J connectivity index is 2.59. The van der Waals surface area contributed by atoms with Crippen molar-refractivity contribution in [3.8, 4) is 11.3 Å². The molecule has 0 unspecified atom stereocenters. The number of nitrogens with one attached hydrogen (secondary N) is 1. The Kier molecular flexibility index (Phi) is 2.29. The van der Waals surface area contributed by atoms with Gasteiger partial charge in [0.25, 0.3) is 5.56 Å². The number of nitrogens with zero attached hydrogens (tertiary/aromatic N) is 1. The lowest BCUT2D eigenvalue weighted by Gasteiger charge is -2.00. The molecule has 0 amide bonds. The van der Waals surface area contributed by atoms with Gasteiger partial charge in [-0.3, -0.25) is 4.79 Å². The van der Waals surface area contributed by atoms with E-state index in [0.29, 0.717) is 0 Å². The highest BCUT2D eigenvalue weighted by molar-refractivity contribution is 5.58. The number of H-pyrrole nitrogens is 1. The zero-order valence-corrected chi connectivity index (χ0v) is 7.50. The van der Waals surface area contributed by atoms with Crippen LogP contribution in [0.1, 0.15) is 0 Å². The van der Waals surface area contributed by atoms with Gasteiger partial charge in [0.1, 0.15) is 11.6 Å². The third kappa shape index (κ3) is 1.90. The van der Waals surface area contributed by atoms with E-state index in [-0.39, 0.29) is 16.8 Å². The summed E-state index contributed by atoms with van der Waals surface area (Å²) in [6, 6.07) is 4.25. The van der Waals surface area contributed by atoms with E-state index in [2.05, 4.69) is 9.97 Å². The van der Waals surface area contributed by atoms with Gasteiger partial charge < -0.3 is 4.98 Å². The second-order valence-electron chi connectivity index (χ2n) is 2.92. The SMILES string of the molecule is O=c1cc(-c2ccc(F)cc2F)nc[nH]1. The van der Waals surface area contributed by atoms with Crippen LogP contribution in [-0.2, 0) is 0 Å². The molecule has 0 fully saturated rings. The molecule has 5 heteroatoms. The molecule has 2 rings (SSSR count). The number of rotatable bonds is 1. The molecule has 2 aromatic rings. The molecule has 0 radical (unpaired) electrons. The van der Waals surface area contributed by atoms with Gasteiger partial charge in [-0.15, -0.1) is 0 Å². The fourth-order valence-corrected chi connectivity index (χ4v) is 1.21. The lowest BCUT2D eigenvalue weighted by Crippen LogP contribution is -2.05. The standard InChI is InChI=1S/C10H6F2N2O/c11-6-1-2-7(8(12)3-6)9-4-10(15)14-5-13-9/h1-5H,(H,13,14,15). The Labute approximate surface area is 83.4 Å². The van der Waals surface area contributed by atoms with Crippen LogP contribution in [0.25, 0.3) is 11.3 Å². The molecule has 1 aromatic heterocycles. The summed E-state index contributed by atoms with van der Waals surface area (Å²) in [5.41, 5.74) is -0.109. The minimum Gasteiger partial charge on any atom is -0.313 e. The van der Waals surface area contributed by atoms with Crippen molar-refractivity contribution < 1.29 is 8.78 Å². The normalized spacial score (nSPS) is 10.3. The van der Waals surface area contributed by atoms with E-state index >= 15 is 0 Å². The van der Waals surface area contributed by atoms with Gasteiger partial charge in [-0.05, 0) is 12.1 Å². The van der Waals surface area contributed by atoms with Crippen molar-refractivity contribution >= 4 is 0 Å². The first-order chi connectivity index (χ1) is 7.16. The molecular weight excluding hydrogens is 202 g/mol. The molecule has 0 atom stereocenters. The molecule has 1 N–H and O–H groups in total. The molecule has 1 heterocycles. The van der Waals surface area contributed by atoms with Crippen LogP contribution >= 0.6 is 0 Å². The van der Waals surface area contributed by atoms with E-state index in [1.54, 1.807) is 0 Å². The zero-order valence-electron chi connectivity index (χ0n) is 7.50.